The molecule has 0 fully saturated rings. The Balaban J connectivity index is 2.23. The smallest absolute Gasteiger partial charge is 0.243 e. The van der Waals surface area contributed by atoms with E-state index in [1.165, 1.54) is 19.2 Å². The van der Waals surface area contributed by atoms with Gasteiger partial charge in [-0.1, -0.05) is 30.3 Å². The Morgan fingerprint density at radius 3 is 2.28 bits per heavy atom. The van der Waals surface area contributed by atoms with E-state index in [1.54, 1.807) is 23.1 Å². The van der Waals surface area contributed by atoms with E-state index in [0.29, 0.717) is 6.54 Å². The Bertz CT molecular complexity index is 848. The second kappa shape index (κ2) is 7.80. The number of amides is 1. The van der Waals surface area contributed by atoms with Crippen molar-refractivity contribution in [2.75, 3.05) is 25.0 Å². The van der Waals surface area contributed by atoms with Gasteiger partial charge in [0.05, 0.1) is 11.4 Å². The van der Waals surface area contributed by atoms with Gasteiger partial charge in [0.1, 0.15) is 0 Å². The number of hydrogen-bond acceptors (Lipinski definition) is 3. The van der Waals surface area contributed by atoms with Gasteiger partial charge in [-0.2, -0.15) is 4.31 Å². The monoisotopic (exact) mass is 360 g/mol. The van der Waals surface area contributed by atoms with E-state index in [0.717, 1.165) is 21.1 Å². The van der Waals surface area contributed by atoms with E-state index in [2.05, 4.69) is 0 Å². The van der Waals surface area contributed by atoms with E-state index in [4.69, 9.17) is 0 Å². The highest BCUT2D eigenvalue weighted by molar-refractivity contribution is 7.89. The van der Waals surface area contributed by atoms with Crippen LogP contribution in [0.3, 0.4) is 0 Å². The predicted octanol–water partition coefficient (Wildman–Crippen LogP) is 2.98. The Hall–Kier alpha value is -2.18. The molecule has 0 aliphatic carbocycles. The molecule has 0 saturated heterocycles. The number of rotatable bonds is 6. The highest BCUT2D eigenvalue weighted by Gasteiger charge is 2.25. The van der Waals surface area contributed by atoms with Crippen LogP contribution in [0.25, 0.3) is 0 Å². The van der Waals surface area contributed by atoms with Gasteiger partial charge in [0.25, 0.3) is 0 Å². The molecule has 0 heterocycles. The normalized spacial score (nSPS) is 11.6. The molecule has 0 unspecified atom stereocenters. The molecule has 2 aromatic rings. The third kappa shape index (κ3) is 4.27. The minimum atomic E-state index is -3.69. The molecular weight excluding hydrogens is 336 g/mol. The molecule has 1 amide bonds. The molecule has 25 heavy (non-hydrogen) atoms. The standard InChI is InChI=1S/C19H24N2O3S/c1-5-21(18-13-15(2)11-12-16(18)3)19(22)14-20(4)25(23,24)17-9-7-6-8-10-17/h6-13H,5,14H2,1-4H3. The summed E-state index contributed by atoms with van der Waals surface area (Å²) in [6.07, 6.45) is 0. The van der Waals surface area contributed by atoms with Gasteiger partial charge in [-0.15, -0.1) is 0 Å². The first kappa shape index (κ1) is 19.1. The Morgan fingerprint density at radius 1 is 1.04 bits per heavy atom. The van der Waals surface area contributed by atoms with Gasteiger partial charge in [-0.05, 0) is 50.1 Å². The van der Waals surface area contributed by atoms with E-state index in [-0.39, 0.29) is 17.3 Å². The largest absolute Gasteiger partial charge is 0.311 e. The third-order valence-electron chi connectivity index (χ3n) is 4.08. The molecule has 0 atom stereocenters. The van der Waals surface area contributed by atoms with Crippen LogP contribution in [-0.2, 0) is 14.8 Å². The third-order valence-corrected chi connectivity index (χ3v) is 5.90. The lowest BCUT2D eigenvalue weighted by atomic mass is 10.1. The van der Waals surface area contributed by atoms with Gasteiger partial charge in [0.2, 0.25) is 15.9 Å². The molecule has 0 spiro atoms. The van der Waals surface area contributed by atoms with Crippen molar-refractivity contribution in [3.8, 4) is 0 Å². The van der Waals surface area contributed by atoms with E-state index in [9.17, 15) is 13.2 Å². The quantitative estimate of drug-likeness (QED) is 0.796. The lowest BCUT2D eigenvalue weighted by Gasteiger charge is -2.26. The lowest BCUT2D eigenvalue weighted by Crippen LogP contribution is -2.41. The molecule has 0 N–H and O–H groups in total. The van der Waals surface area contributed by atoms with Crippen molar-refractivity contribution >= 4 is 21.6 Å². The minimum absolute atomic E-state index is 0.181. The summed E-state index contributed by atoms with van der Waals surface area (Å²) in [7, 11) is -2.26. The van der Waals surface area contributed by atoms with E-state index in [1.807, 2.05) is 39.0 Å². The number of hydrogen-bond donors (Lipinski definition) is 0. The summed E-state index contributed by atoms with van der Waals surface area (Å²) in [5, 5.41) is 0. The average Bonchev–Trinajstić information content (AvgIpc) is 2.59. The number of carbonyl (C=O) groups is 1. The van der Waals surface area contributed by atoms with Gasteiger partial charge >= 0.3 is 0 Å². The number of likely N-dealkylation sites (N-methyl/N-ethyl adjacent to an activating group) is 2. The first-order valence-electron chi connectivity index (χ1n) is 8.16. The summed E-state index contributed by atoms with van der Waals surface area (Å²) in [4.78, 5) is 14.6. The molecule has 2 aromatic carbocycles. The molecule has 0 saturated carbocycles. The molecule has 0 aliphatic heterocycles. The second-order valence-electron chi connectivity index (χ2n) is 6.00. The maximum Gasteiger partial charge on any atom is 0.243 e. The number of carbonyl (C=O) groups excluding carboxylic acids is 1. The van der Waals surface area contributed by atoms with Crippen molar-refractivity contribution < 1.29 is 13.2 Å². The van der Waals surface area contributed by atoms with E-state index < -0.39 is 10.0 Å². The van der Waals surface area contributed by atoms with Gasteiger partial charge in [0, 0.05) is 19.3 Å². The van der Waals surface area contributed by atoms with Crippen LogP contribution in [0.4, 0.5) is 5.69 Å². The van der Waals surface area contributed by atoms with Crippen molar-refractivity contribution in [1.29, 1.82) is 0 Å². The first-order chi connectivity index (χ1) is 11.8. The van der Waals surface area contributed by atoms with Crippen LogP contribution in [-0.4, -0.2) is 38.8 Å². The minimum Gasteiger partial charge on any atom is -0.311 e. The molecular formula is C19H24N2O3S. The van der Waals surface area contributed by atoms with Gasteiger partial charge in [0.15, 0.2) is 0 Å². The molecule has 0 bridgehead atoms. The zero-order chi connectivity index (χ0) is 18.6. The number of benzene rings is 2. The van der Waals surface area contributed by atoms with Gasteiger partial charge in [-0.3, -0.25) is 4.79 Å². The first-order valence-corrected chi connectivity index (χ1v) is 9.60. The van der Waals surface area contributed by atoms with Crippen LogP contribution < -0.4 is 4.90 Å². The fourth-order valence-electron chi connectivity index (χ4n) is 2.62. The van der Waals surface area contributed by atoms with Crippen molar-refractivity contribution in [2.45, 2.75) is 25.7 Å². The summed E-state index contributed by atoms with van der Waals surface area (Å²) in [5.74, 6) is -0.252. The zero-order valence-corrected chi connectivity index (χ0v) is 15.9. The molecule has 0 aliphatic rings. The fourth-order valence-corrected chi connectivity index (χ4v) is 3.77. The Kier molecular flexibility index (Phi) is 5.98. The number of sulfonamides is 1. The fraction of sp³-hybridized carbons (Fsp3) is 0.316. The summed E-state index contributed by atoms with van der Waals surface area (Å²) in [5.41, 5.74) is 2.85. The number of aryl methyl sites for hydroxylation is 2. The predicted molar refractivity (Wildman–Crippen MR) is 100 cm³/mol. The number of nitrogens with zero attached hydrogens (tertiary/aromatic N) is 2. The van der Waals surface area contributed by atoms with Crippen molar-refractivity contribution in [3.05, 3.63) is 59.7 Å². The molecule has 5 nitrogen and oxygen atoms in total. The maximum atomic E-state index is 12.7. The van der Waals surface area contributed by atoms with E-state index >= 15 is 0 Å². The van der Waals surface area contributed by atoms with Crippen LogP contribution in [0, 0.1) is 13.8 Å². The Labute approximate surface area is 149 Å². The second-order valence-corrected chi connectivity index (χ2v) is 8.05. The van der Waals surface area contributed by atoms with Gasteiger partial charge in [-0.25, -0.2) is 8.42 Å². The Morgan fingerprint density at radius 2 is 1.68 bits per heavy atom. The molecule has 6 heteroatoms. The lowest BCUT2D eigenvalue weighted by molar-refractivity contribution is -0.118. The highest BCUT2D eigenvalue weighted by Crippen LogP contribution is 2.22. The summed E-state index contributed by atoms with van der Waals surface area (Å²) >= 11 is 0. The van der Waals surface area contributed by atoms with Crippen LogP contribution in [0.2, 0.25) is 0 Å². The molecule has 0 aromatic heterocycles. The zero-order valence-electron chi connectivity index (χ0n) is 15.1. The summed E-state index contributed by atoms with van der Waals surface area (Å²) in [6.45, 7) is 6.05. The average molecular weight is 360 g/mol. The molecule has 0 radical (unpaired) electrons. The van der Waals surface area contributed by atoms with Crippen molar-refractivity contribution in [2.24, 2.45) is 0 Å². The highest BCUT2D eigenvalue weighted by atomic mass is 32.2. The summed E-state index contributed by atoms with van der Waals surface area (Å²) in [6, 6.07) is 14.0. The van der Waals surface area contributed by atoms with Crippen LogP contribution in [0.15, 0.2) is 53.4 Å². The summed E-state index contributed by atoms with van der Waals surface area (Å²) < 4.78 is 26.3. The van der Waals surface area contributed by atoms with Crippen LogP contribution in [0.5, 0.6) is 0 Å². The SMILES string of the molecule is CCN(C(=O)CN(C)S(=O)(=O)c1ccccc1)c1cc(C)ccc1C. The van der Waals surface area contributed by atoms with Gasteiger partial charge < -0.3 is 4.90 Å². The van der Waals surface area contributed by atoms with Crippen molar-refractivity contribution in [3.63, 3.8) is 0 Å². The maximum absolute atomic E-state index is 12.7. The molecule has 134 valence electrons. The van der Waals surface area contributed by atoms with Crippen LogP contribution >= 0.6 is 0 Å². The molecule has 2 rings (SSSR count). The number of anilines is 1. The van der Waals surface area contributed by atoms with Crippen LogP contribution in [0.1, 0.15) is 18.1 Å². The van der Waals surface area contributed by atoms with Crippen molar-refractivity contribution in [1.82, 2.24) is 4.31 Å². The topological polar surface area (TPSA) is 57.7 Å².